The Kier molecular flexibility index (Phi) is 15.7. The van der Waals surface area contributed by atoms with Gasteiger partial charge in [0.15, 0.2) is 0 Å². The number of carbonyl (C=O) groups is 4. The van der Waals surface area contributed by atoms with Crippen LogP contribution in [0.25, 0.3) is 22.8 Å². The van der Waals surface area contributed by atoms with Crippen molar-refractivity contribution in [1.82, 2.24) is 19.9 Å². The van der Waals surface area contributed by atoms with E-state index in [9.17, 15) is 36.4 Å². The van der Waals surface area contributed by atoms with E-state index in [0.717, 1.165) is 0 Å². The third kappa shape index (κ3) is 12.4. The Morgan fingerprint density at radius 1 is 0.457 bits per heavy atom. The zero-order chi connectivity index (χ0) is 33.6. The molecule has 0 aliphatic carbocycles. The molecule has 12 nitrogen and oxygen atoms in total. The van der Waals surface area contributed by atoms with Gasteiger partial charge in [0.2, 0.25) is 0 Å². The summed E-state index contributed by atoms with van der Waals surface area (Å²) in [4.78, 5) is 62.4. The molecule has 0 bridgehead atoms. The molecule has 0 saturated carbocycles. The second-order valence-electron chi connectivity index (χ2n) is 8.09. The average molecular weight is 695 g/mol. The maximum atomic E-state index is 11.4. The van der Waals surface area contributed by atoms with Crippen molar-refractivity contribution in [1.29, 1.82) is 0 Å². The first-order valence-corrected chi connectivity index (χ1v) is 12.4. The molecule has 4 aromatic rings. The summed E-state index contributed by atoms with van der Waals surface area (Å²) in [6.07, 6.45) is 0. The number of aromatic nitrogens is 4. The molecular formula is C28H24BCuF4N4O8. The van der Waals surface area contributed by atoms with Gasteiger partial charge < -0.3 is 36.2 Å². The van der Waals surface area contributed by atoms with Crippen molar-refractivity contribution in [3.63, 3.8) is 0 Å². The van der Waals surface area contributed by atoms with Gasteiger partial charge in [-0.2, -0.15) is 0 Å². The van der Waals surface area contributed by atoms with Crippen LogP contribution in [-0.4, -0.2) is 79.5 Å². The SMILES string of the molecule is COC(=O)c1cccc(-c2cccc(C(=O)OC)n2)n1.COC(=O)c1cccc(-c2cccc(C(=O)OC)n2)n1.F[B-](F)(F)F.[Cu+]. The molecule has 0 aromatic carbocycles. The molecule has 0 aliphatic rings. The smallest absolute Gasteiger partial charge is 0.464 e. The molecule has 0 saturated heterocycles. The summed E-state index contributed by atoms with van der Waals surface area (Å²) < 4.78 is 57.4. The van der Waals surface area contributed by atoms with E-state index in [0.29, 0.717) is 22.8 Å². The number of methoxy groups -OCH3 is 4. The van der Waals surface area contributed by atoms with E-state index >= 15 is 0 Å². The van der Waals surface area contributed by atoms with Crippen molar-refractivity contribution in [2.24, 2.45) is 0 Å². The minimum atomic E-state index is -6.00. The maximum absolute atomic E-state index is 11.4. The number of hydrogen-bond acceptors (Lipinski definition) is 12. The van der Waals surface area contributed by atoms with E-state index in [-0.39, 0.29) is 39.8 Å². The van der Waals surface area contributed by atoms with Crippen molar-refractivity contribution in [2.45, 2.75) is 0 Å². The van der Waals surface area contributed by atoms with E-state index in [1.165, 1.54) is 28.4 Å². The van der Waals surface area contributed by atoms with Crippen molar-refractivity contribution < 1.29 is 72.5 Å². The van der Waals surface area contributed by atoms with Gasteiger partial charge in [-0.25, -0.2) is 39.1 Å². The van der Waals surface area contributed by atoms with Crippen LogP contribution in [0.2, 0.25) is 0 Å². The normalized spacial score (nSPS) is 9.91. The number of rotatable bonds is 6. The second-order valence-corrected chi connectivity index (χ2v) is 8.09. The van der Waals surface area contributed by atoms with E-state index < -0.39 is 31.1 Å². The van der Waals surface area contributed by atoms with Crippen LogP contribution in [0.5, 0.6) is 0 Å². The summed E-state index contributed by atoms with van der Waals surface area (Å²) in [5, 5.41) is 0. The number of esters is 4. The molecule has 0 fully saturated rings. The van der Waals surface area contributed by atoms with E-state index in [1.807, 2.05) is 0 Å². The number of nitrogens with zero attached hydrogens (tertiary/aromatic N) is 4. The molecule has 4 rings (SSSR count). The molecular weight excluding hydrogens is 671 g/mol. The van der Waals surface area contributed by atoms with Gasteiger partial charge in [0.25, 0.3) is 0 Å². The van der Waals surface area contributed by atoms with E-state index in [2.05, 4.69) is 38.9 Å². The second kappa shape index (κ2) is 18.6. The monoisotopic (exact) mass is 694 g/mol. The molecule has 246 valence electrons. The first-order chi connectivity index (χ1) is 21.3. The Morgan fingerprint density at radius 2 is 0.630 bits per heavy atom. The Morgan fingerprint density at radius 3 is 0.783 bits per heavy atom. The number of carbonyl (C=O) groups excluding carboxylic acids is 4. The van der Waals surface area contributed by atoms with Crippen molar-refractivity contribution in [3.8, 4) is 22.8 Å². The van der Waals surface area contributed by atoms with Gasteiger partial charge in [0.1, 0.15) is 22.8 Å². The van der Waals surface area contributed by atoms with Gasteiger partial charge in [0, 0.05) is 0 Å². The quantitative estimate of drug-likeness (QED) is 0.119. The van der Waals surface area contributed by atoms with Crippen LogP contribution in [0.3, 0.4) is 0 Å². The largest absolute Gasteiger partial charge is 1.00 e. The van der Waals surface area contributed by atoms with E-state index in [1.54, 1.807) is 72.8 Å². The number of hydrogen-bond donors (Lipinski definition) is 0. The number of halogens is 4. The third-order valence-corrected chi connectivity index (χ3v) is 5.10. The molecule has 4 aromatic heterocycles. The van der Waals surface area contributed by atoms with Crippen LogP contribution in [-0.2, 0) is 36.0 Å². The van der Waals surface area contributed by atoms with Gasteiger partial charge in [-0.05, 0) is 48.5 Å². The van der Waals surface area contributed by atoms with Crippen LogP contribution in [0.4, 0.5) is 17.3 Å². The van der Waals surface area contributed by atoms with Crippen LogP contribution < -0.4 is 0 Å². The predicted octanol–water partition coefficient (Wildman–Crippen LogP) is 4.73. The molecule has 46 heavy (non-hydrogen) atoms. The molecule has 0 aliphatic heterocycles. The minimum absolute atomic E-state index is 0. The summed E-state index contributed by atoms with van der Waals surface area (Å²) in [5.41, 5.74) is 2.59. The van der Waals surface area contributed by atoms with Gasteiger partial charge in [0.05, 0.1) is 51.2 Å². The Balaban J connectivity index is 0.000000394. The summed E-state index contributed by atoms with van der Waals surface area (Å²) in [6, 6.07) is 19.6. The molecule has 18 heteroatoms. The zero-order valence-corrected chi connectivity index (χ0v) is 25.3. The molecule has 0 atom stereocenters. The fourth-order valence-electron chi connectivity index (χ4n) is 3.18. The Bertz CT molecular complexity index is 1430. The predicted molar refractivity (Wildman–Crippen MR) is 150 cm³/mol. The number of ether oxygens (including phenoxy) is 4. The summed E-state index contributed by atoms with van der Waals surface area (Å²) in [6.45, 7) is 0. The van der Waals surface area contributed by atoms with E-state index in [4.69, 9.17) is 0 Å². The summed E-state index contributed by atoms with van der Waals surface area (Å²) in [7, 11) is -0.862. The van der Waals surface area contributed by atoms with Crippen LogP contribution in [0.1, 0.15) is 42.0 Å². The molecule has 0 radical (unpaired) electrons. The topological polar surface area (TPSA) is 157 Å². The van der Waals surface area contributed by atoms with Crippen molar-refractivity contribution in [3.05, 3.63) is 95.6 Å². The van der Waals surface area contributed by atoms with Gasteiger partial charge in [-0.15, -0.1) is 0 Å². The van der Waals surface area contributed by atoms with Crippen molar-refractivity contribution in [2.75, 3.05) is 28.4 Å². The maximum Gasteiger partial charge on any atom is 1.00 e. The fraction of sp³-hybridized carbons (Fsp3) is 0.143. The van der Waals surface area contributed by atoms with Crippen molar-refractivity contribution >= 4 is 31.1 Å². The molecule has 4 heterocycles. The molecule has 0 amide bonds. The standard InChI is InChI=1S/2C14H12N2O4.BF4.Cu/c2*1-19-13(17)11-7-3-5-9(15-11)10-6-4-8-12(16-10)14(18)20-2;2-1(3,4)5;/h2*3-8H,1-2H3;;/q;;-1;+1. The molecule has 0 unspecified atom stereocenters. The number of pyridine rings is 4. The zero-order valence-electron chi connectivity index (χ0n) is 24.4. The third-order valence-electron chi connectivity index (χ3n) is 5.10. The molecule has 0 spiro atoms. The van der Waals surface area contributed by atoms with Gasteiger partial charge in [-0.1, -0.05) is 24.3 Å². The first kappa shape index (κ1) is 38.8. The fourth-order valence-corrected chi connectivity index (χ4v) is 3.18. The van der Waals surface area contributed by atoms with Crippen LogP contribution in [0, 0.1) is 0 Å². The Hall–Kier alpha value is -5.22. The van der Waals surface area contributed by atoms with Gasteiger partial charge in [-0.3, -0.25) is 0 Å². The average Bonchev–Trinajstić information content (AvgIpc) is 3.06. The van der Waals surface area contributed by atoms with Gasteiger partial charge >= 0.3 is 48.2 Å². The van der Waals surface area contributed by atoms with Crippen LogP contribution in [0.15, 0.2) is 72.8 Å². The minimum Gasteiger partial charge on any atom is -0.464 e. The van der Waals surface area contributed by atoms with Crippen LogP contribution >= 0.6 is 0 Å². The summed E-state index contributed by atoms with van der Waals surface area (Å²) >= 11 is 0. The molecule has 0 N–H and O–H groups in total. The first-order valence-electron chi connectivity index (χ1n) is 12.4. The Labute approximate surface area is 270 Å². The summed E-state index contributed by atoms with van der Waals surface area (Å²) in [5.74, 6) is -2.13.